The number of phenolic OH excluding ortho intramolecular Hbond substituents is 1. The third-order valence-corrected chi connectivity index (χ3v) is 16.0. The number of primary amides is 1. The van der Waals surface area contributed by atoms with E-state index in [0.29, 0.717) is 17.1 Å². The van der Waals surface area contributed by atoms with E-state index in [2.05, 4.69) is 40.9 Å². The van der Waals surface area contributed by atoms with E-state index < -0.39 is 98.1 Å². The quantitative estimate of drug-likeness (QED) is 0.0285. The number of benzene rings is 9. The van der Waals surface area contributed by atoms with Crippen molar-refractivity contribution in [2.45, 2.75) is 24.5 Å². The third-order valence-electron chi connectivity index (χ3n) is 11.7. The highest BCUT2D eigenvalue weighted by Crippen LogP contribution is 2.45. The van der Waals surface area contributed by atoms with Crippen LogP contribution in [0.3, 0.4) is 0 Å². The van der Waals surface area contributed by atoms with Gasteiger partial charge < -0.3 is 16.6 Å². The van der Waals surface area contributed by atoms with Crippen molar-refractivity contribution in [3.63, 3.8) is 0 Å². The lowest BCUT2D eigenvalue weighted by Gasteiger charge is -2.11. The number of fused-ring (bicyclic) bond motifs is 4. The number of rotatable bonds is 14. The van der Waals surface area contributed by atoms with E-state index in [1.54, 1.807) is 0 Å². The molecule has 0 bridgehead atoms. The lowest BCUT2D eigenvalue weighted by Crippen LogP contribution is -2.10. The highest BCUT2D eigenvalue weighted by Gasteiger charge is 2.25. The molecule has 0 saturated heterocycles. The number of carbonyl (C=O) groups excluding carboxylic acids is 1. The number of nitrogen functional groups attached to an aromatic ring is 1. The van der Waals surface area contributed by atoms with Gasteiger partial charge >= 0.3 is 0 Å². The van der Waals surface area contributed by atoms with E-state index in [9.17, 15) is 74.8 Å². The minimum absolute atomic E-state index is 0.0117. The highest BCUT2D eigenvalue weighted by atomic mass is 32.2. The number of phenols is 1. The van der Waals surface area contributed by atoms with Crippen LogP contribution in [0.15, 0.2) is 199 Å². The van der Waals surface area contributed by atoms with Gasteiger partial charge in [-0.1, -0.05) is 18.2 Å². The van der Waals surface area contributed by atoms with Crippen LogP contribution in [0.5, 0.6) is 5.75 Å². The van der Waals surface area contributed by atoms with E-state index in [4.69, 9.17) is 11.5 Å². The summed E-state index contributed by atoms with van der Waals surface area (Å²) in [7, 11) is -24.7. The summed E-state index contributed by atoms with van der Waals surface area (Å²) in [5.74, 6) is -1.64. The Morgan fingerprint density at radius 1 is 0.367 bits per heavy atom. The topological polar surface area (TPSA) is 460 Å². The summed E-state index contributed by atoms with van der Waals surface area (Å²) < 4.78 is 173. The van der Waals surface area contributed by atoms with Crippen molar-refractivity contribution >= 4 is 151 Å². The normalized spacial score (nSPS) is 13.1. The van der Waals surface area contributed by atoms with Crippen LogP contribution in [-0.2, 0) is 50.6 Å². The molecule has 27 nitrogen and oxygen atoms in total. The number of azo groups is 4. The Morgan fingerprint density at radius 3 is 1.06 bits per heavy atom. The number of carbonyl (C=O) groups is 1. The number of nitrogens with zero attached hydrogens (tertiary/aromatic N) is 8. The first-order chi connectivity index (χ1) is 36.9. The van der Waals surface area contributed by atoms with Crippen molar-refractivity contribution in [2.75, 3.05) is 5.73 Å². The van der Waals surface area contributed by atoms with Gasteiger partial charge in [-0.2, -0.15) is 47.2 Å². The minimum Gasteiger partial charge on any atom is -0.505 e. The number of nitrogens with two attached hydrogens (primary N) is 2. The van der Waals surface area contributed by atoms with Gasteiger partial charge in [-0.05, 0) is 121 Å². The Kier molecular flexibility index (Phi) is 14.0. The summed E-state index contributed by atoms with van der Waals surface area (Å²) in [6.07, 6.45) is 0. The molecule has 9 aromatic rings. The van der Waals surface area contributed by atoms with Crippen molar-refractivity contribution < 1.29 is 74.8 Å². The third kappa shape index (κ3) is 11.4. The van der Waals surface area contributed by atoms with Gasteiger partial charge in [0.25, 0.3) is 50.6 Å². The first-order valence-corrected chi connectivity index (χ1v) is 28.9. The van der Waals surface area contributed by atoms with Crippen LogP contribution in [-0.4, -0.2) is 75.9 Å². The Balaban J connectivity index is 1.13. The smallest absolute Gasteiger partial charge is 0.296 e. The van der Waals surface area contributed by atoms with Crippen LogP contribution in [0.4, 0.5) is 51.2 Å². The zero-order valence-electron chi connectivity index (χ0n) is 39.1. The number of anilines is 1. The molecule has 0 saturated carbocycles. The van der Waals surface area contributed by atoms with Gasteiger partial charge in [-0.15, -0.1) is 35.8 Å². The molecule has 0 aliphatic carbocycles. The van der Waals surface area contributed by atoms with Crippen molar-refractivity contribution in [3.05, 3.63) is 139 Å². The van der Waals surface area contributed by atoms with Crippen molar-refractivity contribution in [2.24, 2.45) is 46.6 Å². The van der Waals surface area contributed by atoms with E-state index in [-0.39, 0.29) is 77.4 Å². The summed E-state index contributed by atoms with van der Waals surface area (Å²) in [6, 6.07) is 26.4. The van der Waals surface area contributed by atoms with Gasteiger partial charge in [0.05, 0.1) is 60.2 Å². The van der Waals surface area contributed by atoms with Crippen LogP contribution < -0.4 is 11.5 Å². The lowest BCUT2D eigenvalue weighted by molar-refractivity contribution is 0.1000. The molecule has 0 heterocycles. The number of hydrogen-bond donors (Lipinski definition) is 8. The first-order valence-electron chi connectivity index (χ1n) is 21.7. The SMILES string of the molecule is NC(=O)c1ccc(N=Nc2ccc(N=Nc3ccc(N=Nc4ccc(N=Nc5c(S(=O)(=O)O)cc6cc(S(=O)(=O)O)c(N)cc6c5O)c5cc(S(=O)(=O)O)ccc45)c4cc(S(=O)(=O)O)ccc34)c3cc(S(=O)(=O)O)ccc23)cc1. The molecule has 0 unspecified atom stereocenters. The molecule has 0 aliphatic rings. The molecule has 0 fully saturated rings. The summed E-state index contributed by atoms with van der Waals surface area (Å²) in [5, 5.41) is 44.7. The van der Waals surface area contributed by atoms with Crippen LogP contribution in [0.2, 0.25) is 0 Å². The molecule has 0 aliphatic heterocycles. The predicted octanol–water partition coefficient (Wildman–Crippen LogP) is 10.6. The molecule has 32 heteroatoms. The van der Waals surface area contributed by atoms with Gasteiger partial charge in [0.2, 0.25) is 5.91 Å². The van der Waals surface area contributed by atoms with E-state index in [0.717, 1.165) is 48.5 Å². The fourth-order valence-corrected chi connectivity index (χ4v) is 10.7. The second-order valence-corrected chi connectivity index (χ2v) is 23.7. The fraction of sp³-hybridized carbons (Fsp3) is 0. The summed E-state index contributed by atoms with van der Waals surface area (Å²) in [4.78, 5) is 7.81. The molecule has 0 radical (unpaired) electrons. The summed E-state index contributed by atoms with van der Waals surface area (Å²) in [5.41, 5.74) is 10.2. The van der Waals surface area contributed by atoms with E-state index in [1.807, 2.05) is 0 Å². The maximum Gasteiger partial charge on any atom is 0.296 e. The first kappa shape index (κ1) is 54.8. The molecular formula is C47H32N10O17S5. The van der Waals surface area contributed by atoms with Gasteiger partial charge in [0, 0.05) is 43.3 Å². The molecule has 1 amide bonds. The van der Waals surface area contributed by atoms with Crippen LogP contribution >= 0.6 is 0 Å². The maximum atomic E-state index is 12.6. The lowest BCUT2D eigenvalue weighted by atomic mass is 10.1. The monoisotopic (exact) mass is 1170 g/mol. The largest absolute Gasteiger partial charge is 0.505 e. The molecule has 9 rings (SSSR count). The molecule has 0 spiro atoms. The van der Waals surface area contributed by atoms with Crippen LogP contribution in [0, 0.1) is 0 Å². The standard InChI is InChI=1S/C47H32N10O17S5/c48-36-22-32-24(17-43(36)78(69,70)71)18-44(79(72,73)74)45(46(32)58)57-56-42-16-13-39(31-10-7-28(21-35(31)42)77(66,67)68)53-55-41-15-12-38(30-9-6-27(20-34(30)41)76(63,64)65)52-54-40-14-11-37(29-8-5-26(19-33(29)40)75(60,61)62)51-50-25-3-1-23(2-4-25)47(49)59/h1-22,58H,48H2,(H2,49,59)(H,60,61,62)(H,63,64,65)(H,66,67,68)(H,69,70,71)(H,72,73,74). The molecule has 9 aromatic carbocycles. The van der Waals surface area contributed by atoms with Gasteiger partial charge in [-0.3, -0.25) is 27.6 Å². The second-order valence-electron chi connectivity index (χ2n) is 16.7. The van der Waals surface area contributed by atoms with Crippen molar-refractivity contribution in [1.82, 2.24) is 0 Å². The molecule has 0 aromatic heterocycles. The fourth-order valence-electron chi connectivity index (χ4n) is 7.92. The highest BCUT2D eigenvalue weighted by molar-refractivity contribution is 7.87. The van der Waals surface area contributed by atoms with Crippen molar-refractivity contribution in [1.29, 1.82) is 0 Å². The minimum atomic E-state index is -5.29. The number of aromatic hydroxyl groups is 1. The van der Waals surface area contributed by atoms with Gasteiger partial charge in [0.1, 0.15) is 15.5 Å². The Morgan fingerprint density at radius 2 is 0.709 bits per heavy atom. The number of hydrogen-bond acceptors (Lipinski definition) is 21. The molecule has 10 N–H and O–H groups in total. The zero-order chi connectivity index (χ0) is 57.1. The average molecular weight is 1170 g/mol. The average Bonchev–Trinajstić information content (AvgIpc) is 3.44. The Hall–Kier alpha value is -8.96. The summed E-state index contributed by atoms with van der Waals surface area (Å²) >= 11 is 0. The van der Waals surface area contributed by atoms with Crippen LogP contribution in [0.1, 0.15) is 10.4 Å². The van der Waals surface area contributed by atoms with Gasteiger partial charge in [0.15, 0.2) is 5.75 Å². The molecule has 79 heavy (non-hydrogen) atoms. The van der Waals surface area contributed by atoms with Crippen LogP contribution in [0.25, 0.3) is 43.1 Å². The van der Waals surface area contributed by atoms with Gasteiger partial charge in [-0.25, -0.2) is 0 Å². The Bertz CT molecular complexity index is 4870. The van der Waals surface area contributed by atoms with E-state index >= 15 is 0 Å². The van der Waals surface area contributed by atoms with Crippen molar-refractivity contribution in [3.8, 4) is 5.75 Å². The second kappa shape index (κ2) is 20.1. The predicted molar refractivity (Wildman–Crippen MR) is 283 cm³/mol. The molecular weight excluding hydrogens is 1140 g/mol. The summed E-state index contributed by atoms with van der Waals surface area (Å²) in [6.45, 7) is 0. The number of amides is 1. The molecule has 0 atom stereocenters. The maximum absolute atomic E-state index is 12.6. The van der Waals surface area contributed by atoms with E-state index in [1.165, 1.54) is 78.9 Å². The zero-order valence-corrected chi connectivity index (χ0v) is 43.2. The Labute approximate surface area is 444 Å². The molecule has 402 valence electrons.